The third-order valence-electron chi connectivity index (χ3n) is 8.14. The van der Waals surface area contributed by atoms with Crippen molar-refractivity contribution in [3.8, 4) is 34.1 Å². The first-order valence-electron chi connectivity index (χ1n) is 15.1. The number of phenols is 1. The van der Waals surface area contributed by atoms with E-state index in [-0.39, 0.29) is 25.9 Å². The van der Waals surface area contributed by atoms with Crippen LogP contribution in [-0.4, -0.2) is 19.6 Å². The molecule has 0 aliphatic rings. The monoisotopic (exact) mass is 775 g/mol. The quantitative estimate of drug-likeness (QED) is 0.144. The summed E-state index contributed by atoms with van der Waals surface area (Å²) in [5, 5.41) is 15.2. The van der Waals surface area contributed by atoms with E-state index in [2.05, 4.69) is 84.9 Å². The van der Waals surface area contributed by atoms with Gasteiger partial charge in [-0.25, -0.2) is 4.98 Å². The summed E-state index contributed by atoms with van der Waals surface area (Å²) in [7, 11) is 0. The molecule has 0 amide bonds. The molecule has 0 saturated heterocycles. The first-order valence-corrected chi connectivity index (χ1v) is 15.1. The van der Waals surface area contributed by atoms with Crippen LogP contribution in [0.3, 0.4) is 0 Å². The average molecular weight is 775 g/mol. The molecule has 0 saturated carbocycles. The molecular formula is C41H32IrN3O-. The number of nitrogens with zero attached hydrogens (tertiary/aromatic N) is 3. The van der Waals surface area contributed by atoms with Crippen LogP contribution in [0, 0.1) is 26.8 Å². The van der Waals surface area contributed by atoms with Crippen LogP contribution in [-0.2, 0) is 20.1 Å². The van der Waals surface area contributed by atoms with Crippen LogP contribution in [0.1, 0.15) is 16.7 Å². The standard InChI is InChI=1S/C22H18N.C19H14N2O.Ir/c1-14-11-15(2)13-17(12-14)22-21-8-7-18-16(3)5-4-6-19(18)20(21)9-10-23-22;22-18-13-7-4-10-15(18)19-20-16-11-5-6-12-17(16)21(19)14-8-2-1-3-9-14;/h4-12H,1-3H3;1-13,22H;/q-1;;. The molecule has 1 radical (unpaired) electrons. The normalized spacial score (nSPS) is 10.8. The molecule has 0 aliphatic heterocycles. The number of hydrogen-bond acceptors (Lipinski definition) is 3. The minimum absolute atomic E-state index is 0. The largest absolute Gasteiger partial charge is 0.507 e. The second-order valence-corrected chi connectivity index (χ2v) is 11.4. The van der Waals surface area contributed by atoms with Crippen LogP contribution >= 0.6 is 0 Å². The predicted molar refractivity (Wildman–Crippen MR) is 186 cm³/mol. The fraction of sp³-hybridized carbons (Fsp3) is 0.0732. The maximum atomic E-state index is 10.2. The SMILES string of the molecule is Cc1[c-]c(-c2nccc3c2ccc2c(C)cccc23)cc(C)c1.Oc1ccccc1-c1nc2ccccc2n1-c1ccccc1.[Ir]. The summed E-state index contributed by atoms with van der Waals surface area (Å²) in [4.78, 5) is 9.38. The molecular weight excluding hydrogens is 743 g/mol. The number of imidazole rings is 1. The van der Waals surface area contributed by atoms with Crippen molar-refractivity contribution < 1.29 is 25.2 Å². The topological polar surface area (TPSA) is 50.9 Å². The van der Waals surface area contributed by atoms with Crippen molar-refractivity contribution in [3.63, 3.8) is 0 Å². The first kappa shape index (κ1) is 30.9. The van der Waals surface area contributed by atoms with Gasteiger partial charge in [-0.3, -0.25) is 4.57 Å². The summed E-state index contributed by atoms with van der Waals surface area (Å²) >= 11 is 0. The van der Waals surface area contributed by atoms with Crippen LogP contribution in [0.15, 0.2) is 134 Å². The van der Waals surface area contributed by atoms with Crippen LogP contribution in [0.4, 0.5) is 0 Å². The van der Waals surface area contributed by atoms with Crippen molar-refractivity contribution >= 4 is 32.6 Å². The van der Waals surface area contributed by atoms with Gasteiger partial charge in [-0.05, 0) is 82.2 Å². The maximum absolute atomic E-state index is 10.2. The summed E-state index contributed by atoms with van der Waals surface area (Å²) < 4.78 is 2.07. The molecule has 2 heterocycles. The van der Waals surface area contributed by atoms with E-state index in [9.17, 15) is 5.11 Å². The molecule has 5 heteroatoms. The Hall–Kier alpha value is -5.09. The molecule has 46 heavy (non-hydrogen) atoms. The maximum Gasteiger partial charge on any atom is 0.149 e. The van der Waals surface area contributed by atoms with E-state index in [4.69, 9.17) is 4.98 Å². The van der Waals surface area contributed by atoms with E-state index in [1.165, 1.54) is 32.7 Å². The number of para-hydroxylation sites is 4. The molecule has 8 rings (SSSR count). The van der Waals surface area contributed by atoms with E-state index < -0.39 is 0 Å². The first-order chi connectivity index (χ1) is 22.0. The third-order valence-corrected chi connectivity index (χ3v) is 8.14. The van der Waals surface area contributed by atoms with Gasteiger partial charge in [-0.1, -0.05) is 86.6 Å². The van der Waals surface area contributed by atoms with Crippen molar-refractivity contribution in [1.82, 2.24) is 14.5 Å². The van der Waals surface area contributed by atoms with Gasteiger partial charge in [0.2, 0.25) is 0 Å². The Labute approximate surface area is 282 Å². The molecule has 0 fully saturated rings. The zero-order valence-electron chi connectivity index (χ0n) is 25.8. The van der Waals surface area contributed by atoms with E-state index in [0.717, 1.165) is 44.9 Å². The number of aromatic hydroxyl groups is 1. The molecule has 6 aromatic carbocycles. The van der Waals surface area contributed by atoms with Gasteiger partial charge < -0.3 is 10.1 Å². The predicted octanol–water partition coefficient (Wildman–Crippen LogP) is 10.2. The van der Waals surface area contributed by atoms with Crippen LogP contribution in [0.25, 0.3) is 60.9 Å². The second-order valence-electron chi connectivity index (χ2n) is 11.4. The Bertz CT molecular complexity index is 2310. The van der Waals surface area contributed by atoms with Crippen LogP contribution < -0.4 is 0 Å². The van der Waals surface area contributed by atoms with Gasteiger partial charge in [-0.15, -0.1) is 34.9 Å². The Kier molecular flexibility index (Phi) is 8.81. The summed E-state index contributed by atoms with van der Waals surface area (Å²) in [6.45, 7) is 6.36. The molecule has 0 aliphatic carbocycles. The summed E-state index contributed by atoms with van der Waals surface area (Å²) in [6, 6.07) is 46.1. The number of aromatic nitrogens is 3. The van der Waals surface area contributed by atoms with Gasteiger partial charge in [0.1, 0.15) is 11.6 Å². The number of hydrogen-bond donors (Lipinski definition) is 1. The van der Waals surface area contributed by atoms with Gasteiger partial charge in [0.05, 0.1) is 16.6 Å². The van der Waals surface area contributed by atoms with Crippen molar-refractivity contribution in [1.29, 1.82) is 0 Å². The zero-order valence-corrected chi connectivity index (χ0v) is 28.2. The van der Waals surface area contributed by atoms with Crippen LogP contribution in [0.5, 0.6) is 5.75 Å². The number of fused-ring (bicyclic) bond motifs is 4. The van der Waals surface area contributed by atoms with Crippen molar-refractivity contribution in [2.45, 2.75) is 20.8 Å². The average Bonchev–Trinajstić information content (AvgIpc) is 3.44. The molecule has 1 N–H and O–H groups in total. The molecule has 0 atom stereocenters. The van der Waals surface area contributed by atoms with Gasteiger partial charge >= 0.3 is 0 Å². The van der Waals surface area contributed by atoms with Gasteiger partial charge in [-0.2, -0.15) is 0 Å². The van der Waals surface area contributed by atoms with E-state index in [0.29, 0.717) is 0 Å². The number of rotatable bonds is 3. The minimum Gasteiger partial charge on any atom is -0.507 e. The number of phenolic OH excluding ortho intramolecular Hbond substituents is 1. The second kappa shape index (κ2) is 13.1. The number of pyridine rings is 1. The fourth-order valence-corrected chi connectivity index (χ4v) is 6.13. The molecule has 0 unspecified atom stereocenters. The fourth-order valence-electron chi connectivity index (χ4n) is 6.13. The molecule has 0 spiro atoms. The Morgan fingerprint density at radius 1 is 0.652 bits per heavy atom. The molecule has 2 aromatic heterocycles. The van der Waals surface area contributed by atoms with Crippen molar-refractivity contribution in [2.24, 2.45) is 0 Å². The molecule has 227 valence electrons. The Balaban J connectivity index is 0.000000158. The Morgan fingerprint density at radius 3 is 2.17 bits per heavy atom. The van der Waals surface area contributed by atoms with E-state index >= 15 is 0 Å². The molecule has 8 aromatic rings. The van der Waals surface area contributed by atoms with E-state index in [1.807, 2.05) is 79.0 Å². The zero-order chi connectivity index (χ0) is 30.9. The van der Waals surface area contributed by atoms with Crippen molar-refractivity contribution in [2.75, 3.05) is 0 Å². The van der Waals surface area contributed by atoms with E-state index in [1.54, 1.807) is 6.07 Å². The minimum atomic E-state index is 0. The Morgan fingerprint density at radius 2 is 1.37 bits per heavy atom. The summed E-state index contributed by atoms with van der Waals surface area (Å²) in [6.07, 6.45) is 1.91. The molecule has 0 bridgehead atoms. The van der Waals surface area contributed by atoms with Crippen molar-refractivity contribution in [3.05, 3.63) is 156 Å². The smallest absolute Gasteiger partial charge is 0.149 e. The molecule has 4 nitrogen and oxygen atoms in total. The summed E-state index contributed by atoms with van der Waals surface area (Å²) in [5.41, 5.74) is 9.45. The van der Waals surface area contributed by atoms with Gasteiger partial charge in [0, 0.05) is 32.0 Å². The number of benzene rings is 6. The van der Waals surface area contributed by atoms with Gasteiger partial charge in [0.15, 0.2) is 0 Å². The number of aryl methyl sites for hydroxylation is 3. The van der Waals surface area contributed by atoms with Gasteiger partial charge in [0.25, 0.3) is 0 Å². The summed E-state index contributed by atoms with van der Waals surface area (Å²) in [5.74, 6) is 0.973. The van der Waals surface area contributed by atoms with Crippen LogP contribution in [0.2, 0.25) is 0 Å². The third kappa shape index (κ3) is 5.83.